The molecule has 0 spiro atoms. The van der Waals surface area contributed by atoms with Crippen LogP contribution in [-0.2, 0) is 6.42 Å². The molecule has 2 aromatic carbocycles. The van der Waals surface area contributed by atoms with Crippen molar-refractivity contribution in [3.63, 3.8) is 0 Å². The number of halogens is 1. The highest BCUT2D eigenvalue weighted by atomic mass is 127. The average Bonchev–Trinajstić information content (AvgIpc) is 2.84. The van der Waals surface area contributed by atoms with Crippen LogP contribution in [0.5, 0.6) is 5.75 Å². The normalized spacial score (nSPS) is 10.8. The van der Waals surface area contributed by atoms with Gasteiger partial charge in [-0.25, -0.2) is 4.98 Å². The predicted molar refractivity (Wildman–Crippen MR) is 85.9 cm³/mol. The topological polar surface area (TPSA) is 35.0 Å². The SMILES string of the molecule is COc1ccc2cccc(Cc3nsc(I)n3)c2c1. The van der Waals surface area contributed by atoms with Crippen molar-refractivity contribution in [2.45, 2.75) is 6.42 Å². The van der Waals surface area contributed by atoms with Gasteiger partial charge in [-0.1, -0.05) is 24.3 Å². The van der Waals surface area contributed by atoms with E-state index in [2.05, 4.69) is 62.3 Å². The molecule has 0 radical (unpaired) electrons. The van der Waals surface area contributed by atoms with E-state index in [9.17, 15) is 0 Å². The second-order valence-electron chi connectivity index (χ2n) is 4.14. The Hall–Kier alpha value is -1.21. The smallest absolute Gasteiger partial charge is 0.173 e. The summed E-state index contributed by atoms with van der Waals surface area (Å²) in [6.07, 6.45) is 0.754. The van der Waals surface area contributed by atoms with Crippen molar-refractivity contribution in [2.75, 3.05) is 7.11 Å². The molecule has 3 aromatic rings. The molecule has 0 N–H and O–H groups in total. The Labute approximate surface area is 128 Å². The van der Waals surface area contributed by atoms with Gasteiger partial charge in [0.1, 0.15) is 11.6 Å². The summed E-state index contributed by atoms with van der Waals surface area (Å²) in [5.41, 5.74) is 1.23. The van der Waals surface area contributed by atoms with Crippen molar-refractivity contribution < 1.29 is 4.74 Å². The lowest BCUT2D eigenvalue weighted by atomic mass is 10.0. The molecule has 0 saturated carbocycles. The maximum atomic E-state index is 5.30. The van der Waals surface area contributed by atoms with Gasteiger partial charge in [-0.2, -0.15) is 4.37 Å². The number of hydrogen-bond donors (Lipinski definition) is 0. The van der Waals surface area contributed by atoms with Gasteiger partial charge in [-0.05, 0) is 62.6 Å². The molecule has 0 atom stereocenters. The van der Waals surface area contributed by atoms with Crippen molar-refractivity contribution in [3.05, 3.63) is 50.8 Å². The molecule has 96 valence electrons. The van der Waals surface area contributed by atoms with Gasteiger partial charge < -0.3 is 4.74 Å². The molecule has 1 aromatic heterocycles. The maximum absolute atomic E-state index is 5.30. The van der Waals surface area contributed by atoms with Crippen molar-refractivity contribution >= 4 is 44.9 Å². The number of hydrogen-bond acceptors (Lipinski definition) is 4. The van der Waals surface area contributed by atoms with E-state index in [1.165, 1.54) is 27.9 Å². The first-order valence-electron chi connectivity index (χ1n) is 5.80. The molecule has 5 heteroatoms. The third-order valence-electron chi connectivity index (χ3n) is 2.97. The van der Waals surface area contributed by atoms with Crippen molar-refractivity contribution in [1.29, 1.82) is 0 Å². The molecule has 0 aliphatic carbocycles. The highest BCUT2D eigenvalue weighted by molar-refractivity contribution is 14.1. The Morgan fingerprint density at radius 2 is 2.16 bits per heavy atom. The van der Waals surface area contributed by atoms with E-state index in [4.69, 9.17) is 4.74 Å². The van der Waals surface area contributed by atoms with Crippen LogP contribution in [-0.4, -0.2) is 16.5 Å². The van der Waals surface area contributed by atoms with Crippen LogP contribution in [0.15, 0.2) is 36.4 Å². The minimum Gasteiger partial charge on any atom is -0.497 e. The first-order valence-corrected chi connectivity index (χ1v) is 7.65. The fourth-order valence-corrected chi connectivity index (χ4v) is 3.08. The number of methoxy groups -OCH3 is 1. The van der Waals surface area contributed by atoms with Crippen LogP contribution in [0, 0.1) is 3.01 Å². The molecule has 3 rings (SSSR count). The second-order valence-corrected chi connectivity index (χ2v) is 6.65. The van der Waals surface area contributed by atoms with Gasteiger partial charge in [-0.15, -0.1) is 0 Å². The standard InChI is InChI=1S/C14H11IN2OS/c1-18-11-6-5-9-3-2-4-10(12(9)8-11)7-13-16-14(15)19-17-13/h2-6,8H,7H2,1H3. The highest BCUT2D eigenvalue weighted by Crippen LogP contribution is 2.25. The summed E-state index contributed by atoms with van der Waals surface area (Å²) < 4.78 is 10.6. The minimum absolute atomic E-state index is 0.754. The van der Waals surface area contributed by atoms with Crippen LogP contribution < -0.4 is 4.74 Å². The molecule has 1 heterocycles. The zero-order chi connectivity index (χ0) is 13.2. The van der Waals surface area contributed by atoms with E-state index in [-0.39, 0.29) is 0 Å². The molecule has 3 nitrogen and oxygen atoms in total. The van der Waals surface area contributed by atoms with Gasteiger partial charge in [0.05, 0.1) is 7.11 Å². The van der Waals surface area contributed by atoms with Crippen molar-refractivity contribution in [1.82, 2.24) is 9.36 Å². The number of benzene rings is 2. The Kier molecular flexibility index (Phi) is 3.65. The second kappa shape index (κ2) is 5.42. The predicted octanol–water partition coefficient (Wildman–Crippen LogP) is 3.90. The zero-order valence-corrected chi connectivity index (χ0v) is 13.2. The largest absolute Gasteiger partial charge is 0.497 e. The number of rotatable bonds is 3. The summed E-state index contributed by atoms with van der Waals surface area (Å²) in [5, 5.41) is 2.41. The molecule has 19 heavy (non-hydrogen) atoms. The quantitative estimate of drug-likeness (QED) is 0.645. The summed E-state index contributed by atoms with van der Waals surface area (Å²) in [6, 6.07) is 12.4. The molecule has 0 aliphatic rings. The number of fused-ring (bicyclic) bond motifs is 1. The van der Waals surface area contributed by atoms with Crippen LogP contribution in [0.1, 0.15) is 11.4 Å². The van der Waals surface area contributed by atoms with Crippen LogP contribution in [0.4, 0.5) is 0 Å². The molecule has 0 amide bonds. The molecule has 0 fully saturated rings. The monoisotopic (exact) mass is 382 g/mol. The van der Waals surface area contributed by atoms with Gasteiger partial charge in [0.2, 0.25) is 0 Å². The lowest BCUT2D eigenvalue weighted by Gasteiger charge is -2.07. The molecule has 0 bridgehead atoms. The van der Waals surface area contributed by atoms with Gasteiger partial charge in [-0.3, -0.25) is 0 Å². The Morgan fingerprint density at radius 1 is 1.26 bits per heavy atom. The van der Waals surface area contributed by atoms with Gasteiger partial charge >= 0.3 is 0 Å². The first kappa shape index (κ1) is 12.8. The third kappa shape index (κ3) is 2.71. The summed E-state index contributed by atoms with van der Waals surface area (Å²) in [7, 11) is 1.69. The Morgan fingerprint density at radius 3 is 2.89 bits per heavy atom. The summed E-state index contributed by atoms with van der Waals surface area (Å²) in [5.74, 6) is 1.76. The van der Waals surface area contributed by atoms with Gasteiger partial charge in [0.15, 0.2) is 3.01 Å². The van der Waals surface area contributed by atoms with Crippen LogP contribution in [0.3, 0.4) is 0 Å². The van der Waals surface area contributed by atoms with E-state index in [1.54, 1.807) is 7.11 Å². The highest BCUT2D eigenvalue weighted by Gasteiger charge is 2.07. The number of ether oxygens (including phenoxy) is 1. The van der Waals surface area contributed by atoms with E-state index in [1.807, 2.05) is 6.07 Å². The fourth-order valence-electron chi connectivity index (χ4n) is 2.07. The molecule has 0 saturated heterocycles. The summed E-state index contributed by atoms with van der Waals surface area (Å²) >= 11 is 3.64. The van der Waals surface area contributed by atoms with Crippen LogP contribution >= 0.6 is 34.1 Å². The van der Waals surface area contributed by atoms with Crippen LogP contribution in [0.25, 0.3) is 10.8 Å². The van der Waals surface area contributed by atoms with E-state index < -0.39 is 0 Å². The van der Waals surface area contributed by atoms with Gasteiger partial charge in [0, 0.05) is 6.42 Å². The minimum atomic E-state index is 0.754. The average molecular weight is 382 g/mol. The Bertz CT molecular complexity index is 726. The number of aromatic nitrogens is 2. The third-order valence-corrected chi connectivity index (χ3v) is 4.35. The number of nitrogens with zero attached hydrogens (tertiary/aromatic N) is 2. The molecule has 0 aliphatic heterocycles. The van der Waals surface area contributed by atoms with Crippen molar-refractivity contribution in [2.24, 2.45) is 0 Å². The Balaban J connectivity index is 2.06. The maximum Gasteiger partial charge on any atom is 0.173 e. The van der Waals surface area contributed by atoms with E-state index in [0.29, 0.717) is 0 Å². The van der Waals surface area contributed by atoms with Crippen LogP contribution in [0.2, 0.25) is 0 Å². The fraction of sp³-hybridized carbons (Fsp3) is 0.143. The molecule has 0 unspecified atom stereocenters. The molecular formula is C14H11IN2OS. The van der Waals surface area contributed by atoms with Crippen molar-refractivity contribution in [3.8, 4) is 5.75 Å². The summed E-state index contributed by atoms with van der Waals surface area (Å²) in [6.45, 7) is 0. The molecular weight excluding hydrogens is 371 g/mol. The lowest BCUT2D eigenvalue weighted by molar-refractivity contribution is 0.415. The van der Waals surface area contributed by atoms with Gasteiger partial charge in [0.25, 0.3) is 0 Å². The lowest BCUT2D eigenvalue weighted by Crippen LogP contribution is -1.93. The zero-order valence-electron chi connectivity index (χ0n) is 10.3. The van der Waals surface area contributed by atoms with E-state index in [0.717, 1.165) is 21.0 Å². The first-order chi connectivity index (χ1) is 9.26. The summed E-state index contributed by atoms with van der Waals surface area (Å²) in [4.78, 5) is 4.42. The van der Waals surface area contributed by atoms with E-state index >= 15 is 0 Å².